The van der Waals surface area contributed by atoms with Crippen LogP contribution in [0.4, 0.5) is 0 Å². The summed E-state index contributed by atoms with van der Waals surface area (Å²) in [7, 11) is 2.16. The molecule has 1 aliphatic carbocycles. The van der Waals surface area contributed by atoms with Crippen molar-refractivity contribution in [2.24, 2.45) is 5.92 Å². The Morgan fingerprint density at radius 2 is 2.06 bits per heavy atom. The zero-order valence-electron chi connectivity index (χ0n) is 9.76. The second-order valence-electron chi connectivity index (χ2n) is 4.69. The van der Waals surface area contributed by atoms with Crippen molar-refractivity contribution in [3.8, 4) is 6.07 Å². The summed E-state index contributed by atoms with van der Waals surface area (Å²) in [6.07, 6.45) is 3.28. The van der Waals surface area contributed by atoms with Gasteiger partial charge in [0.05, 0.1) is 6.07 Å². The first-order valence-corrected chi connectivity index (χ1v) is 5.93. The van der Waals surface area contributed by atoms with E-state index in [1.54, 1.807) is 0 Å². The predicted molar refractivity (Wildman–Crippen MR) is 64.7 cm³/mol. The van der Waals surface area contributed by atoms with E-state index in [0.29, 0.717) is 6.04 Å². The summed E-state index contributed by atoms with van der Waals surface area (Å²) in [4.78, 5) is 2.38. The Kier molecular flexibility index (Phi) is 3.58. The third-order valence-electron chi connectivity index (χ3n) is 3.49. The molecule has 0 bridgehead atoms. The van der Waals surface area contributed by atoms with Crippen LogP contribution in [-0.2, 0) is 6.54 Å². The van der Waals surface area contributed by atoms with Crippen molar-refractivity contribution in [2.75, 3.05) is 7.05 Å². The normalized spacial score (nSPS) is 24.6. The Balaban J connectivity index is 1.90. The summed E-state index contributed by atoms with van der Waals surface area (Å²) in [5.41, 5.74) is 1.35. The van der Waals surface area contributed by atoms with Crippen molar-refractivity contribution >= 4 is 0 Å². The Morgan fingerprint density at radius 1 is 1.31 bits per heavy atom. The van der Waals surface area contributed by atoms with Gasteiger partial charge in [-0.1, -0.05) is 30.3 Å². The maximum Gasteiger partial charge on any atom is 0.0656 e. The molecular formula is C14H18N2. The first kappa shape index (κ1) is 11.2. The van der Waals surface area contributed by atoms with E-state index in [1.165, 1.54) is 12.0 Å². The Hall–Kier alpha value is -1.33. The average Bonchev–Trinajstić information content (AvgIpc) is 2.79. The predicted octanol–water partition coefficient (Wildman–Crippen LogP) is 2.81. The summed E-state index contributed by atoms with van der Waals surface area (Å²) in [6.45, 7) is 0.990. The molecule has 1 aromatic rings. The van der Waals surface area contributed by atoms with Crippen LogP contribution in [0, 0.1) is 17.2 Å². The van der Waals surface area contributed by atoms with Crippen molar-refractivity contribution in [3.05, 3.63) is 35.9 Å². The van der Waals surface area contributed by atoms with Crippen LogP contribution in [0.2, 0.25) is 0 Å². The molecule has 1 saturated carbocycles. The molecule has 0 N–H and O–H groups in total. The lowest BCUT2D eigenvalue weighted by molar-refractivity contribution is 0.235. The van der Waals surface area contributed by atoms with Crippen LogP contribution in [-0.4, -0.2) is 18.0 Å². The van der Waals surface area contributed by atoms with E-state index in [1.807, 2.05) is 6.07 Å². The topological polar surface area (TPSA) is 27.0 Å². The van der Waals surface area contributed by atoms with Crippen LogP contribution >= 0.6 is 0 Å². The molecule has 16 heavy (non-hydrogen) atoms. The minimum absolute atomic E-state index is 0.281. The second kappa shape index (κ2) is 5.14. The lowest BCUT2D eigenvalue weighted by atomic mass is 10.1. The first-order chi connectivity index (χ1) is 7.79. The molecule has 2 unspecified atom stereocenters. The molecule has 84 valence electrons. The van der Waals surface area contributed by atoms with Crippen LogP contribution in [0.15, 0.2) is 30.3 Å². The average molecular weight is 214 g/mol. The largest absolute Gasteiger partial charge is 0.299 e. The summed E-state index contributed by atoms with van der Waals surface area (Å²) >= 11 is 0. The highest BCUT2D eigenvalue weighted by Gasteiger charge is 2.27. The smallest absolute Gasteiger partial charge is 0.0656 e. The molecule has 0 spiro atoms. The van der Waals surface area contributed by atoms with Gasteiger partial charge in [-0.25, -0.2) is 0 Å². The molecule has 1 aliphatic rings. The van der Waals surface area contributed by atoms with Gasteiger partial charge in [0.2, 0.25) is 0 Å². The molecule has 0 aromatic heterocycles. The Bertz CT molecular complexity index is 366. The zero-order valence-corrected chi connectivity index (χ0v) is 9.76. The minimum atomic E-state index is 0.281. The standard InChI is InChI=1S/C14H18N2/c1-16(11-12-5-3-2-4-6-12)14-8-7-13(9-14)10-15/h2-6,13-14H,7-9,11H2,1H3. The van der Waals surface area contributed by atoms with Gasteiger partial charge in [0.25, 0.3) is 0 Å². The minimum Gasteiger partial charge on any atom is -0.299 e. The van der Waals surface area contributed by atoms with Crippen LogP contribution in [0.25, 0.3) is 0 Å². The van der Waals surface area contributed by atoms with Crippen LogP contribution in [0.5, 0.6) is 0 Å². The number of rotatable bonds is 3. The lowest BCUT2D eigenvalue weighted by Crippen LogP contribution is -2.28. The van der Waals surface area contributed by atoms with Crippen molar-refractivity contribution < 1.29 is 0 Å². The van der Waals surface area contributed by atoms with Crippen LogP contribution < -0.4 is 0 Å². The van der Waals surface area contributed by atoms with Gasteiger partial charge in [-0.2, -0.15) is 5.26 Å². The quantitative estimate of drug-likeness (QED) is 0.773. The molecule has 0 aliphatic heterocycles. The van der Waals surface area contributed by atoms with Crippen molar-refractivity contribution in [1.29, 1.82) is 5.26 Å². The molecule has 0 amide bonds. The van der Waals surface area contributed by atoms with E-state index in [-0.39, 0.29) is 5.92 Å². The SMILES string of the molecule is CN(Cc1ccccc1)C1CCC(C#N)C1. The highest BCUT2D eigenvalue weighted by atomic mass is 15.1. The highest BCUT2D eigenvalue weighted by Crippen LogP contribution is 2.28. The number of nitrogens with zero attached hydrogens (tertiary/aromatic N) is 2. The number of hydrogen-bond acceptors (Lipinski definition) is 2. The molecule has 0 heterocycles. The molecule has 0 saturated heterocycles. The van der Waals surface area contributed by atoms with Gasteiger partial charge in [0, 0.05) is 18.5 Å². The molecular weight excluding hydrogens is 196 g/mol. The van der Waals surface area contributed by atoms with E-state index in [4.69, 9.17) is 5.26 Å². The van der Waals surface area contributed by atoms with Gasteiger partial charge >= 0.3 is 0 Å². The second-order valence-corrected chi connectivity index (χ2v) is 4.69. The van der Waals surface area contributed by atoms with Crippen molar-refractivity contribution in [3.63, 3.8) is 0 Å². The molecule has 2 atom stereocenters. The third kappa shape index (κ3) is 2.62. The van der Waals surface area contributed by atoms with Crippen LogP contribution in [0.1, 0.15) is 24.8 Å². The zero-order chi connectivity index (χ0) is 11.4. The number of benzene rings is 1. The summed E-state index contributed by atoms with van der Waals surface area (Å²) in [6, 6.07) is 13.5. The molecule has 1 fully saturated rings. The summed E-state index contributed by atoms with van der Waals surface area (Å²) in [5, 5.41) is 8.89. The monoisotopic (exact) mass is 214 g/mol. The highest BCUT2D eigenvalue weighted by molar-refractivity contribution is 5.14. The van der Waals surface area contributed by atoms with E-state index >= 15 is 0 Å². The maximum absolute atomic E-state index is 8.89. The fourth-order valence-corrected chi connectivity index (χ4v) is 2.48. The fourth-order valence-electron chi connectivity index (χ4n) is 2.48. The molecule has 2 rings (SSSR count). The molecule has 2 heteroatoms. The molecule has 1 aromatic carbocycles. The van der Waals surface area contributed by atoms with Gasteiger partial charge in [0.15, 0.2) is 0 Å². The van der Waals surface area contributed by atoms with E-state index in [2.05, 4.69) is 42.3 Å². The maximum atomic E-state index is 8.89. The Morgan fingerprint density at radius 3 is 2.69 bits per heavy atom. The van der Waals surface area contributed by atoms with Gasteiger partial charge in [0.1, 0.15) is 0 Å². The van der Waals surface area contributed by atoms with Gasteiger partial charge in [-0.3, -0.25) is 4.90 Å². The Labute approximate surface area is 97.5 Å². The fraction of sp³-hybridized carbons (Fsp3) is 0.500. The van der Waals surface area contributed by atoms with Crippen molar-refractivity contribution in [1.82, 2.24) is 4.90 Å². The third-order valence-corrected chi connectivity index (χ3v) is 3.49. The first-order valence-electron chi connectivity index (χ1n) is 5.93. The molecule has 2 nitrogen and oxygen atoms in total. The summed E-state index contributed by atoms with van der Waals surface area (Å²) < 4.78 is 0. The number of nitriles is 1. The van der Waals surface area contributed by atoms with Gasteiger partial charge in [-0.05, 0) is 31.9 Å². The lowest BCUT2D eigenvalue weighted by Gasteiger charge is -2.24. The summed E-state index contributed by atoms with van der Waals surface area (Å²) in [5.74, 6) is 0.281. The number of hydrogen-bond donors (Lipinski definition) is 0. The van der Waals surface area contributed by atoms with Crippen LogP contribution in [0.3, 0.4) is 0 Å². The van der Waals surface area contributed by atoms with Gasteiger partial charge in [-0.15, -0.1) is 0 Å². The molecule has 0 radical (unpaired) electrons. The van der Waals surface area contributed by atoms with E-state index < -0.39 is 0 Å². The van der Waals surface area contributed by atoms with Crippen molar-refractivity contribution in [2.45, 2.75) is 31.8 Å². The van der Waals surface area contributed by atoms with Gasteiger partial charge < -0.3 is 0 Å². The van der Waals surface area contributed by atoms with E-state index in [9.17, 15) is 0 Å². The van der Waals surface area contributed by atoms with E-state index in [0.717, 1.165) is 19.4 Å².